The molecule has 0 aliphatic heterocycles. The van der Waals surface area contributed by atoms with Gasteiger partial charge < -0.3 is 9.76 Å². The number of benzene rings is 3. The van der Waals surface area contributed by atoms with Crippen LogP contribution in [-0.2, 0) is 5.41 Å². The van der Waals surface area contributed by atoms with Gasteiger partial charge in [-0.1, -0.05) is 68.0 Å². The van der Waals surface area contributed by atoms with Crippen LogP contribution in [0.1, 0.15) is 44.6 Å². The molecule has 4 rings (SSSR count). The van der Waals surface area contributed by atoms with E-state index >= 15 is 0 Å². The largest absolute Gasteiger partial charge is 0.496 e. The Kier molecular flexibility index (Phi) is 4.97. The molecule has 27 heavy (non-hydrogen) atoms. The van der Waals surface area contributed by atoms with Crippen LogP contribution < -0.4 is 10.2 Å². The number of hydrogen-bond donors (Lipinski definition) is 1. The molecule has 1 N–H and O–H groups in total. The van der Waals surface area contributed by atoms with Gasteiger partial charge in [0.15, 0.2) is 0 Å². The Labute approximate surface area is 162 Å². The molecule has 0 aromatic heterocycles. The second-order valence-electron chi connectivity index (χ2n) is 7.99. The van der Waals surface area contributed by atoms with E-state index in [0.717, 1.165) is 24.1 Å². The first kappa shape index (κ1) is 18.1. The SMILES string of the molecule is COc1ccc(-c2ccc3cc([B]O)ccc3c2)cc1C1(C)CCCCC1. The highest BCUT2D eigenvalue weighted by atomic mass is 16.5. The molecule has 0 spiro atoms. The van der Waals surface area contributed by atoms with Gasteiger partial charge in [-0.15, -0.1) is 0 Å². The molecule has 1 aliphatic carbocycles. The van der Waals surface area contributed by atoms with E-state index in [0.29, 0.717) is 0 Å². The van der Waals surface area contributed by atoms with Gasteiger partial charge in [0, 0.05) is 5.56 Å². The van der Waals surface area contributed by atoms with Crippen LogP contribution in [0.2, 0.25) is 0 Å². The van der Waals surface area contributed by atoms with Crippen LogP contribution in [0.4, 0.5) is 0 Å². The summed E-state index contributed by atoms with van der Waals surface area (Å²) in [5.41, 5.74) is 4.81. The molecular formula is C24H26BO2. The summed E-state index contributed by atoms with van der Waals surface area (Å²) in [4.78, 5) is 0. The molecular weight excluding hydrogens is 331 g/mol. The molecule has 1 saturated carbocycles. The summed E-state index contributed by atoms with van der Waals surface area (Å²) in [5, 5.41) is 11.5. The average Bonchev–Trinajstić information content (AvgIpc) is 2.73. The van der Waals surface area contributed by atoms with Crippen LogP contribution in [0.15, 0.2) is 54.6 Å². The summed E-state index contributed by atoms with van der Waals surface area (Å²) < 4.78 is 5.72. The first-order valence-electron chi connectivity index (χ1n) is 9.83. The molecule has 1 aliphatic rings. The van der Waals surface area contributed by atoms with Crippen molar-refractivity contribution in [1.29, 1.82) is 0 Å². The number of fused-ring (bicyclic) bond motifs is 1. The van der Waals surface area contributed by atoms with Crippen molar-refractivity contribution in [2.75, 3.05) is 7.11 Å². The van der Waals surface area contributed by atoms with Crippen molar-refractivity contribution >= 4 is 23.7 Å². The molecule has 3 aromatic rings. The van der Waals surface area contributed by atoms with Gasteiger partial charge in [-0.05, 0) is 58.4 Å². The molecule has 3 heteroatoms. The lowest BCUT2D eigenvalue weighted by molar-refractivity contribution is 0.304. The van der Waals surface area contributed by atoms with E-state index in [1.807, 2.05) is 12.1 Å². The number of ether oxygens (including phenoxy) is 1. The monoisotopic (exact) mass is 357 g/mol. The van der Waals surface area contributed by atoms with Crippen molar-refractivity contribution < 1.29 is 9.76 Å². The van der Waals surface area contributed by atoms with E-state index in [4.69, 9.17) is 4.74 Å². The van der Waals surface area contributed by atoms with Gasteiger partial charge in [0.1, 0.15) is 5.75 Å². The lowest BCUT2D eigenvalue weighted by Gasteiger charge is -2.35. The number of rotatable bonds is 4. The Morgan fingerprint density at radius 3 is 2.26 bits per heavy atom. The summed E-state index contributed by atoms with van der Waals surface area (Å²) >= 11 is 0. The van der Waals surface area contributed by atoms with Gasteiger partial charge in [-0.2, -0.15) is 0 Å². The minimum Gasteiger partial charge on any atom is -0.496 e. The van der Waals surface area contributed by atoms with Gasteiger partial charge in [0.2, 0.25) is 0 Å². The molecule has 1 radical (unpaired) electrons. The van der Waals surface area contributed by atoms with E-state index < -0.39 is 0 Å². The van der Waals surface area contributed by atoms with Crippen molar-refractivity contribution in [2.24, 2.45) is 0 Å². The minimum atomic E-state index is 0.197. The van der Waals surface area contributed by atoms with Gasteiger partial charge in [0.05, 0.1) is 7.11 Å². The fourth-order valence-corrected chi connectivity index (χ4v) is 4.48. The lowest BCUT2D eigenvalue weighted by atomic mass is 9.70. The van der Waals surface area contributed by atoms with E-state index in [-0.39, 0.29) is 5.41 Å². The zero-order valence-electron chi connectivity index (χ0n) is 16.2. The Morgan fingerprint density at radius 2 is 1.52 bits per heavy atom. The van der Waals surface area contributed by atoms with Crippen molar-refractivity contribution in [3.63, 3.8) is 0 Å². The molecule has 0 bridgehead atoms. The summed E-state index contributed by atoms with van der Waals surface area (Å²) in [6.07, 6.45) is 6.39. The zero-order valence-corrected chi connectivity index (χ0v) is 16.2. The molecule has 0 amide bonds. The minimum absolute atomic E-state index is 0.197. The molecule has 0 atom stereocenters. The molecule has 0 saturated heterocycles. The zero-order chi connectivity index (χ0) is 18.9. The quantitative estimate of drug-likeness (QED) is 0.668. The summed E-state index contributed by atoms with van der Waals surface area (Å²) in [5.74, 6) is 1.01. The maximum atomic E-state index is 9.22. The standard InChI is InChI=1S/C24H26BO2/c1-24(12-4-3-5-13-24)22-16-20(9-11-23(22)27-2)17-6-7-19-15-21(25-26)10-8-18(19)14-17/h6-11,14-16,26H,3-5,12-13H2,1-2H3. The fraction of sp³-hybridized carbons (Fsp3) is 0.333. The average molecular weight is 357 g/mol. The van der Waals surface area contributed by atoms with Crippen LogP contribution in [0.5, 0.6) is 5.75 Å². The second kappa shape index (κ2) is 7.40. The maximum Gasteiger partial charge on any atom is 0.326 e. The topological polar surface area (TPSA) is 29.5 Å². The van der Waals surface area contributed by atoms with Crippen LogP contribution >= 0.6 is 0 Å². The molecule has 0 heterocycles. The normalized spacial score (nSPS) is 16.3. The number of methoxy groups -OCH3 is 1. The molecule has 137 valence electrons. The third-order valence-electron chi connectivity index (χ3n) is 6.15. The van der Waals surface area contributed by atoms with Crippen molar-refractivity contribution in [2.45, 2.75) is 44.4 Å². The summed E-state index contributed by atoms with van der Waals surface area (Å²) in [6.45, 7) is 2.39. The predicted molar refractivity (Wildman–Crippen MR) is 114 cm³/mol. The molecule has 0 unspecified atom stereocenters. The summed E-state index contributed by atoms with van der Waals surface area (Å²) in [7, 11) is 2.92. The molecule has 3 aromatic carbocycles. The van der Waals surface area contributed by atoms with Crippen molar-refractivity contribution in [1.82, 2.24) is 0 Å². The second-order valence-corrected chi connectivity index (χ2v) is 7.99. The molecule has 2 nitrogen and oxygen atoms in total. The smallest absolute Gasteiger partial charge is 0.326 e. The Bertz CT molecular complexity index is 958. The van der Waals surface area contributed by atoms with E-state index in [9.17, 15) is 5.02 Å². The van der Waals surface area contributed by atoms with Crippen LogP contribution in [0, 0.1) is 0 Å². The van der Waals surface area contributed by atoms with Crippen LogP contribution in [-0.4, -0.2) is 19.6 Å². The lowest BCUT2D eigenvalue weighted by Crippen LogP contribution is -2.25. The van der Waals surface area contributed by atoms with E-state index in [1.165, 1.54) is 54.2 Å². The first-order valence-corrected chi connectivity index (χ1v) is 9.83. The van der Waals surface area contributed by atoms with Crippen LogP contribution in [0.25, 0.3) is 21.9 Å². The van der Waals surface area contributed by atoms with Gasteiger partial charge in [-0.3, -0.25) is 0 Å². The Hall–Kier alpha value is -2.26. The third-order valence-corrected chi connectivity index (χ3v) is 6.15. The fourth-order valence-electron chi connectivity index (χ4n) is 4.48. The first-order chi connectivity index (χ1) is 13.1. The van der Waals surface area contributed by atoms with Gasteiger partial charge >= 0.3 is 7.48 Å². The highest BCUT2D eigenvalue weighted by molar-refractivity contribution is 6.46. The Morgan fingerprint density at radius 1 is 0.852 bits per heavy atom. The van der Waals surface area contributed by atoms with Crippen molar-refractivity contribution in [3.05, 3.63) is 60.2 Å². The van der Waals surface area contributed by atoms with Gasteiger partial charge in [-0.25, -0.2) is 0 Å². The van der Waals surface area contributed by atoms with Crippen molar-refractivity contribution in [3.8, 4) is 16.9 Å². The number of hydrogen-bond acceptors (Lipinski definition) is 2. The van der Waals surface area contributed by atoms with Gasteiger partial charge in [0.25, 0.3) is 0 Å². The Balaban J connectivity index is 1.77. The third kappa shape index (κ3) is 3.49. The molecule has 1 fully saturated rings. The van der Waals surface area contributed by atoms with E-state index in [1.54, 1.807) is 7.11 Å². The van der Waals surface area contributed by atoms with Crippen LogP contribution in [0.3, 0.4) is 0 Å². The highest BCUT2D eigenvalue weighted by Gasteiger charge is 2.31. The van der Waals surface area contributed by atoms with E-state index in [2.05, 4.69) is 49.4 Å². The summed E-state index contributed by atoms with van der Waals surface area (Å²) in [6, 6.07) is 19.1. The highest BCUT2D eigenvalue weighted by Crippen LogP contribution is 2.44. The maximum absolute atomic E-state index is 9.22. The predicted octanol–water partition coefficient (Wildman–Crippen LogP) is 4.97.